The second-order valence-electron chi connectivity index (χ2n) is 3.99. The van der Waals surface area contributed by atoms with Crippen molar-refractivity contribution >= 4 is 0 Å². The van der Waals surface area contributed by atoms with Gasteiger partial charge >= 0.3 is 0 Å². The summed E-state index contributed by atoms with van der Waals surface area (Å²) in [5, 5.41) is 0. The second-order valence-corrected chi connectivity index (χ2v) is 3.99. The molecule has 0 N–H and O–H groups in total. The Morgan fingerprint density at radius 1 is 1.53 bits per heavy atom. The lowest BCUT2D eigenvalue weighted by Crippen LogP contribution is -2.24. The number of rotatable bonds is 3. The molecule has 0 amide bonds. The van der Waals surface area contributed by atoms with E-state index in [0.29, 0.717) is 0 Å². The van der Waals surface area contributed by atoms with E-state index in [2.05, 4.69) is 19.1 Å². The van der Waals surface area contributed by atoms with Crippen molar-refractivity contribution in [1.29, 1.82) is 0 Å². The van der Waals surface area contributed by atoms with Gasteiger partial charge in [-0.25, -0.2) is 0 Å². The monoisotopic (exact) mass is 206 g/mol. The molecule has 1 unspecified atom stereocenters. The summed E-state index contributed by atoms with van der Waals surface area (Å²) in [4.78, 5) is 0. The number of hydrogen-bond acceptors (Lipinski definition) is 2. The molecule has 82 valence electrons. The Morgan fingerprint density at radius 2 is 2.47 bits per heavy atom. The lowest BCUT2D eigenvalue weighted by atomic mass is 10.2. The van der Waals surface area contributed by atoms with E-state index in [1.54, 1.807) is 0 Å². The van der Waals surface area contributed by atoms with Crippen LogP contribution in [0.1, 0.15) is 32.6 Å². The van der Waals surface area contributed by atoms with Gasteiger partial charge < -0.3 is 9.47 Å². The predicted octanol–water partition coefficient (Wildman–Crippen LogP) is 3.32. The zero-order chi connectivity index (χ0) is 10.6. The maximum atomic E-state index is 5.77. The maximum absolute atomic E-state index is 5.77. The van der Waals surface area contributed by atoms with Crippen molar-refractivity contribution in [1.82, 2.24) is 0 Å². The molecule has 0 saturated carbocycles. The van der Waals surface area contributed by atoms with Crippen LogP contribution in [0.15, 0.2) is 36.1 Å². The molecular weight excluding hydrogens is 188 g/mol. The molecule has 15 heavy (non-hydrogen) atoms. The van der Waals surface area contributed by atoms with Gasteiger partial charge in [0.15, 0.2) is 0 Å². The van der Waals surface area contributed by atoms with Gasteiger partial charge in [0.25, 0.3) is 0 Å². The molecule has 0 radical (unpaired) electrons. The molecule has 1 spiro atoms. The molecule has 2 rings (SSSR count). The SMILES string of the molecule is CCCC=CC=C1C=CC2(CCCO2)O1. The number of hydrogen-bond donors (Lipinski definition) is 0. The normalized spacial score (nSPS) is 32.2. The first-order valence-electron chi connectivity index (χ1n) is 5.74. The predicted molar refractivity (Wildman–Crippen MR) is 60.3 cm³/mol. The molecule has 2 heterocycles. The number of unbranched alkanes of at least 4 members (excludes halogenated alkanes) is 1. The molecular formula is C13H18O2. The fourth-order valence-corrected chi connectivity index (χ4v) is 1.84. The lowest BCUT2D eigenvalue weighted by Gasteiger charge is -2.20. The van der Waals surface area contributed by atoms with Crippen LogP contribution in [0.2, 0.25) is 0 Å². The van der Waals surface area contributed by atoms with Crippen molar-refractivity contribution in [3.8, 4) is 0 Å². The lowest BCUT2D eigenvalue weighted by molar-refractivity contribution is -0.135. The van der Waals surface area contributed by atoms with E-state index in [1.165, 1.54) is 6.42 Å². The smallest absolute Gasteiger partial charge is 0.230 e. The fourth-order valence-electron chi connectivity index (χ4n) is 1.84. The third-order valence-corrected chi connectivity index (χ3v) is 2.66. The van der Waals surface area contributed by atoms with Crippen molar-refractivity contribution in [3.63, 3.8) is 0 Å². The quantitative estimate of drug-likeness (QED) is 0.705. The van der Waals surface area contributed by atoms with Crippen LogP contribution in [0.5, 0.6) is 0 Å². The molecule has 0 bridgehead atoms. The van der Waals surface area contributed by atoms with Crippen LogP contribution in [0.25, 0.3) is 0 Å². The highest BCUT2D eigenvalue weighted by atomic mass is 16.7. The van der Waals surface area contributed by atoms with Crippen LogP contribution in [0.3, 0.4) is 0 Å². The summed E-state index contributed by atoms with van der Waals surface area (Å²) in [6.45, 7) is 2.98. The summed E-state index contributed by atoms with van der Waals surface area (Å²) in [5.41, 5.74) is 0. The molecule has 2 heteroatoms. The average Bonchev–Trinajstić information content (AvgIpc) is 2.85. The number of allylic oxidation sites excluding steroid dienone is 4. The van der Waals surface area contributed by atoms with E-state index in [1.807, 2.05) is 18.2 Å². The minimum atomic E-state index is -0.426. The van der Waals surface area contributed by atoms with E-state index in [9.17, 15) is 0 Å². The van der Waals surface area contributed by atoms with Crippen LogP contribution in [0.4, 0.5) is 0 Å². The highest BCUT2D eigenvalue weighted by Crippen LogP contribution is 2.35. The summed E-state index contributed by atoms with van der Waals surface area (Å²) in [6.07, 6.45) is 14.6. The Balaban J connectivity index is 1.90. The summed E-state index contributed by atoms with van der Waals surface area (Å²) < 4.78 is 11.4. The minimum absolute atomic E-state index is 0.426. The van der Waals surface area contributed by atoms with Crippen LogP contribution in [-0.2, 0) is 9.47 Å². The first kappa shape index (κ1) is 10.5. The van der Waals surface area contributed by atoms with Crippen molar-refractivity contribution in [2.45, 2.75) is 38.4 Å². The Kier molecular flexibility index (Phi) is 3.27. The second kappa shape index (κ2) is 4.67. The van der Waals surface area contributed by atoms with Crippen LogP contribution >= 0.6 is 0 Å². The summed E-state index contributed by atoms with van der Waals surface area (Å²) >= 11 is 0. The highest BCUT2D eigenvalue weighted by Gasteiger charge is 2.38. The molecule has 0 aromatic carbocycles. The van der Waals surface area contributed by atoms with Crippen LogP contribution in [-0.4, -0.2) is 12.4 Å². The standard InChI is InChI=1S/C13H18O2/c1-2-3-4-5-7-12-8-10-13(15-12)9-6-11-14-13/h4-5,7-8,10H,2-3,6,9,11H2,1H3. The Hall–Kier alpha value is -1.02. The van der Waals surface area contributed by atoms with E-state index in [-0.39, 0.29) is 0 Å². The largest absolute Gasteiger partial charge is 0.459 e. The Bertz CT molecular complexity index is 294. The van der Waals surface area contributed by atoms with Gasteiger partial charge in [0, 0.05) is 6.42 Å². The molecule has 2 aliphatic rings. The maximum Gasteiger partial charge on any atom is 0.230 e. The zero-order valence-corrected chi connectivity index (χ0v) is 9.24. The molecule has 1 fully saturated rings. The molecule has 0 aliphatic carbocycles. The van der Waals surface area contributed by atoms with Crippen LogP contribution < -0.4 is 0 Å². The first-order valence-corrected chi connectivity index (χ1v) is 5.74. The van der Waals surface area contributed by atoms with Gasteiger partial charge in [0.05, 0.1) is 6.61 Å². The number of ether oxygens (including phenoxy) is 2. The molecule has 0 aromatic rings. The van der Waals surface area contributed by atoms with Gasteiger partial charge in [-0.15, -0.1) is 0 Å². The molecule has 0 aromatic heterocycles. The highest BCUT2D eigenvalue weighted by molar-refractivity contribution is 5.26. The Labute approximate surface area is 91.3 Å². The van der Waals surface area contributed by atoms with Crippen molar-refractivity contribution in [2.75, 3.05) is 6.61 Å². The summed E-state index contributed by atoms with van der Waals surface area (Å²) in [6, 6.07) is 0. The minimum Gasteiger partial charge on any atom is -0.459 e. The van der Waals surface area contributed by atoms with Gasteiger partial charge in [0.1, 0.15) is 5.76 Å². The van der Waals surface area contributed by atoms with Gasteiger partial charge in [-0.05, 0) is 31.1 Å². The van der Waals surface area contributed by atoms with E-state index < -0.39 is 5.79 Å². The molecule has 1 saturated heterocycles. The first-order chi connectivity index (χ1) is 7.35. The van der Waals surface area contributed by atoms with Gasteiger partial charge in [0.2, 0.25) is 5.79 Å². The fraction of sp³-hybridized carbons (Fsp3) is 0.538. The van der Waals surface area contributed by atoms with Crippen LogP contribution in [0, 0.1) is 0 Å². The molecule has 2 nitrogen and oxygen atoms in total. The third kappa shape index (κ3) is 2.51. The summed E-state index contributed by atoms with van der Waals surface area (Å²) in [5.74, 6) is 0.481. The van der Waals surface area contributed by atoms with Gasteiger partial charge in [-0.3, -0.25) is 0 Å². The zero-order valence-electron chi connectivity index (χ0n) is 9.24. The topological polar surface area (TPSA) is 18.5 Å². The summed E-state index contributed by atoms with van der Waals surface area (Å²) in [7, 11) is 0. The van der Waals surface area contributed by atoms with Gasteiger partial charge in [-0.2, -0.15) is 0 Å². The van der Waals surface area contributed by atoms with E-state index >= 15 is 0 Å². The van der Waals surface area contributed by atoms with E-state index in [0.717, 1.165) is 31.6 Å². The van der Waals surface area contributed by atoms with Crippen molar-refractivity contribution in [3.05, 3.63) is 36.1 Å². The van der Waals surface area contributed by atoms with Gasteiger partial charge in [-0.1, -0.05) is 25.5 Å². The average molecular weight is 206 g/mol. The van der Waals surface area contributed by atoms with Crippen molar-refractivity contribution in [2.24, 2.45) is 0 Å². The third-order valence-electron chi connectivity index (χ3n) is 2.66. The van der Waals surface area contributed by atoms with E-state index in [4.69, 9.17) is 9.47 Å². The molecule has 1 atom stereocenters. The molecule has 2 aliphatic heterocycles. The Morgan fingerprint density at radius 3 is 3.20 bits per heavy atom. The van der Waals surface area contributed by atoms with Crippen molar-refractivity contribution < 1.29 is 9.47 Å².